The highest BCUT2D eigenvalue weighted by molar-refractivity contribution is 6.09. The van der Waals surface area contributed by atoms with Crippen molar-refractivity contribution in [1.82, 2.24) is 34.6 Å². The molecule has 0 radical (unpaired) electrons. The molecule has 1 saturated carbocycles. The molecule has 6 aliphatic rings. The molecule has 57 heavy (non-hydrogen) atoms. The van der Waals surface area contributed by atoms with E-state index in [1.54, 1.807) is 35.1 Å². The van der Waals surface area contributed by atoms with Gasteiger partial charge in [-0.3, -0.25) is 34.2 Å². The van der Waals surface area contributed by atoms with E-state index in [-0.39, 0.29) is 55.7 Å². The van der Waals surface area contributed by atoms with Crippen molar-refractivity contribution in [1.29, 1.82) is 0 Å². The number of benzene rings is 2. The van der Waals surface area contributed by atoms with Crippen molar-refractivity contribution in [2.75, 3.05) is 49.5 Å². The number of fused-ring (bicyclic) bond motifs is 3. The molecule has 10 rings (SSSR count). The number of amides is 5. The van der Waals surface area contributed by atoms with Gasteiger partial charge in [0.25, 0.3) is 17.7 Å². The number of nitrogens with zero attached hydrogens (tertiary/aromatic N) is 7. The van der Waals surface area contributed by atoms with Crippen LogP contribution in [0.5, 0.6) is 5.75 Å². The van der Waals surface area contributed by atoms with E-state index in [1.165, 1.54) is 11.1 Å². The van der Waals surface area contributed by atoms with Crippen LogP contribution >= 0.6 is 0 Å². The largest absolute Gasteiger partial charge is 0.491 e. The molecule has 0 bridgehead atoms. The number of nitrogens with one attached hydrogen (secondary N) is 2. The summed E-state index contributed by atoms with van der Waals surface area (Å²) in [5.41, 5.74) is 3.45. The highest BCUT2D eigenvalue weighted by Gasteiger charge is 2.47. The monoisotopic (exact) mass is 775 g/mol. The van der Waals surface area contributed by atoms with E-state index < -0.39 is 17.6 Å². The second-order valence-corrected chi connectivity index (χ2v) is 16.3. The number of ether oxygens (including phenoxy) is 1. The maximum atomic E-state index is 16.1. The van der Waals surface area contributed by atoms with E-state index in [0.717, 1.165) is 42.5 Å². The summed E-state index contributed by atoms with van der Waals surface area (Å²) in [4.78, 5) is 76.3. The Kier molecular flexibility index (Phi) is 8.50. The van der Waals surface area contributed by atoms with Crippen LogP contribution in [0.3, 0.4) is 0 Å². The molecule has 15 nitrogen and oxygen atoms in total. The molecular weight excluding hydrogens is 734 g/mol. The summed E-state index contributed by atoms with van der Waals surface area (Å²) < 4.78 is 23.8. The first kappa shape index (κ1) is 35.5. The quantitative estimate of drug-likeness (QED) is 0.229. The number of likely N-dealkylation sites (tertiary alicyclic amines) is 1. The Balaban J connectivity index is 0.751. The first-order chi connectivity index (χ1) is 27.6. The van der Waals surface area contributed by atoms with Gasteiger partial charge in [0.1, 0.15) is 17.4 Å². The van der Waals surface area contributed by atoms with Gasteiger partial charge in [0.05, 0.1) is 31.6 Å². The standard InChI is InChI=1S/C41H42FN9O6/c42-41(22-48(23-41)28-4-5-29-25(14-28)19-50(39(29)55)33-6-7-35(52)46-38(33)54)21-47-12-8-27(9-13-47)49-18-26-15-32(34(16-30(26)40(49)56)57-20-24-2-3-24)45-37(53)31-17-44-51-11-1-10-43-36(31)51/h1,4-5,10-11,14-17,24,27,33H,2-3,6-9,12-13,18-23H2,(H,45,53)(H,46,52,54). The first-order valence-electron chi connectivity index (χ1n) is 19.7. The normalized spacial score (nSPS) is 22.1. The van der Waals surface area contributed by atoms with Crippen molar-refractivity contribution < 1.29 is 33.1 Å². The lowest BCUT2D eigenvalue weighted by atomic mass is 9.92. The average Bonchev–Trinajstić information content (AvgIpc) is 3.71. The van der Waals surface area contributed by atoms with Crippen LogP contribution in [0.1, 0.15) is 80.7 Å². The van der Waals surface area contributed by atoms with Gasteiger partial charge < -0.3 is 24.8 Å². The molecule has 2 N–H and O–H groups in total. The number of aromatic nitrogens is 3. The molecule has 3 saturated heterocycles. The van der Waals surface area contributed by atoms with Crippen molar-refractivity contribution in [3.05, 3.63) is 82.8 Å². The van der Waals surface area contributed by atoms with Crippen LogP contribution < -0.4 is 20.3 Å². The van der Waals surface area contributed by atoms with Crippen molar-refractivity contribution in [2.24, 2.45) is 5.92 Å². The molecular formula is C41H42FN9O6. The Bertz CT molecular complexity index is 2350. The maximum absolute atomic E-state index is 16.1. The SMILES string of the molecule is O=C1CCC(N2Cc3cc(N4CC(F)(CN5CCC(N6Cc7cc(NC(=O)c8cnn9cccnc89)c(OCC8CC8)cc7C6=O)CC5)C4)ccc3C2=O)C(=O)N1. The minimum atomic E-state index is -1.39. The summed E-state index contributed by atoms with van der Waals surface area (Å²) in [6.07, 6.45) is 8.96. The van der Waals surface area contributed by atoms with Crippen molar-refractivity contribution >= 4 is 46.6 Å². The number of piperidine rings is 2. The summed E-state index contributed by atoms with van der Waals surface area (Å²) in [7, 11) is 0. The molecule has 1 atom stereocenters. The third-order valence-electron chi connectivity index (χ3n) is 12.3. The number of carbonyl (C=O) groups excluding carboxylic acids is 5. The lowest BCUT2D eigenvalue weighted by molar-refractivity contribution is -0.136. The molecule has 4 aromatic rings. The predicted octanol–water partition coefficient (Wildman–Crippen LogP) is 3.18. The van der Waals surface area contributed by atoms with Crippen LogP contribution in [0.4, 0.5) is 15.8 Å². The summed E-state index contributed by atoms with van der Waals surface area (Å²) in [6, 6.07) is 10.2. The van der Waals surface area contributed by atoms with E-state index in [0.29, 0.717) is 78.9 Å². The van der Waals surface area contributed by atoms with Crippen molar-refractivity contribution in [3.63, 3.8) is 0 Å². The highest BCUT2D eigenvalue weighted by Crippen LogP contribution is 2.39. The van der Waals surface area contributed by atoms with Gasteiger partial charge in [-0.2, -0.15) is 5.10 Å². The summed E-state index contributed by atoms with van der Waals surface area (Å²) in [6.45, 7) is 3.30. The maximum Gasteiger partial charge on any atom is 0.261 e. The second-order valence-electron chi connectivity index (χ2n) is 16.3. The minimum Gasteiger partial charge on any atom is -0.491 e. The Labute approximate surface area is 327 Å². The van der Waals surface area contributed by atoms with E-state index >= 15 is 4.39 Å². The Morgan fingerprint density at radius 3 is 2.51 bits per heavy atom. The van der Waals surface area contributed by atoms with Gasteiger partial charge in [0.15, 0.2) is 11.3 Å². The van der Waals surface area contributed by atoms with Crippen LogP contribution in [0.15, 0.2) is 55.0 Å². The summed E-state index contributed by atoms with van der Waals surface area (Å²) in [5, 5.41) is 9.56. The smallest absolute Gasteiger partial charge is 0.261 e. The number of rotatable bonds is 10. The highest BCUT2D eigenvalue weighted by atomic mass is 19.1. The number of hydrogen-bond donors (Lipinski definition) is 2. The summed E-state index contributed by atoms with van der Waals surface area (Å²) >= 11 is 0. The molecule has 2 aromatic carbocycles. The third-order valence-corrected chi connectivity index (χ3v) is 12.3. The lowest BCUT2D eigenvalue weighted by Gasteiger charge is -2.49. The van der Waals surface area contributed by atoms with Gasteiger partial charge in [-0.05, 0) is 85.5 Å². The molecule has 7 heterocycles. The fourth-order valence-electron chi connectivity index (χ4n) is 9.01. The van der Waals surface area contributed by atoms with Gasteiger partial charge in [-0.1, -0.05) is 0 Å². The van der Waals surface area contributed by atoms with Gasteiger partial charge in [-0.15, -0.1) is 0 Å². The number of alkyl halides is 1. The Hall–Kier alpha value is -5.90. The molecule has 2 aromatic heterocycles. The van der Waals surface area contributed by atoms with Crippen LogP contribution in [0, 0.1) is 5.92 Å². The summed E-state index contributed by atoms with van der Waals surface area (Å²) in [5.74, 6) is -0.485. The molecule has 1 unspecified atom stereocenters. The van der Waals surface area contributed by atoms with Crippen molar-refractivity contribution in [3.8, 4) is 5.75 Å². The lowest BCUT2D eigenvalue weighted by Crippen LogP contribution is -2.64. The zero-order valence-corrected chi connectivity index (χ0v) is 31.3. The van der Waals surface area contributed by atoms with Crippen LogP contribution in [0.2, 0.25) is 0 Å². The molecule has 5 amide bonds. The number of halogens is 1. The Morgan fingerprint density at radius 1 is 0.947 bits per heavy atom. The van der Waals surface area contributed by atoms with E-state index in [4.69, 9.17) is 4.74 Å². The van der Waals surface area contributed by atoms with Crippen LogP contribution in [-0.2, 0) is 22.7 Å². The molecule has 16 heteroatoms. The predicted molar refractivity (Wildman–Crippen MR) is 203 cm³/mol. The van der Waals surface area contributed by atoms with E-state index in [1.807, 2.05) is 28.0 Å². The van der Waals surface area contributed by atoms with E-state index in [2.05, 4.69) is 25.6 Å². The van der Waals surface area contributed by atoms with Gasteiger partial charge in [-0.25, -0.2) is 13.9 Å². The van der Waals surface area contributed by atoms with Crippen LogP contribution in [-0.4, -0.2) is 116 Å². The number of anilines is 2. The van der Waals surface area contributed by atoms with E-state index in [9.17, 15) is 24.0 Å². The van der Waals surface area contributed by atoms with Gasteiger partial charge in [0.2, 0.25) is 11.8 Å². The molecule has 0 spiro atoms. The minimum absolute atomic E-state index is 0.00203. The molecule has 294 valence electrons. The topological polar surface area (TPSA) is 162 Å². The number of hydrogen-bond acceptors (Lipinski definition) is 10. The molecule has 4 fully saturated rings. The third kappa shape index (κ3) is 6.54. The fourth-order valence-corrected chi connectivity index (χ4v) is 9.01. The van der Waals surface area contributed by atoms with Gasteiger partial charge in [0, 0.05) is 74.4 Å². The van der Waals surface area contributed by atoms with Crippen LogP contribution in [0.25, 0.3) is 5.65 Å². The zero-order chi connectivity index (χ0) is 39.0. The molecule has 5 aliphatic heterocycles. The van der Waals surface area contributed by atoms with Crippen molar-refractivity contribution in [2.45, 2.75) is 69.4 Å². The van der Waals surface area contributed by atoms with Gasteiger partial charge >= 0.3 is 0 Å². The zero-order valence-electron chi connectivity index (χ0n) is 31.3. The number of imide groups is 1. The second kappa shape index (κ2) is 13.6. The Morgan fingerprint density at radius 2 is 1.72 bits per heavy atom. The fraction of sp³-hybridized carbons (Fsp3) is 0.439. The number of carbonyl (C=O) groups is 5. The average molecular weight is 776 g/mol. The molecule has 1 aliphatic carbocycles. The first-order valence-corrected chi connectivity index (χ1v) is 19.7.